The summed E-state index contributed by atoms with van der Waals surface area (Å²) in [5, 5.41) is 3.38. The number of thiophene rings is 1. The monoisotopic (exact) mass is 287 g/mol. The summed E-state index contributed by atoms with van der Waals surface area (Å²) in [4.78, 5) is 12.6. The summed E-state index contributed by atoms with van der Waals surface area (Å²) >= 11 is 1.73. The maximum absolute atomic E-state index is 12.6. The SMILES string of the molecule is NCC1CCCCC1C(=O)Cc1csc2ccccc12. The van der Waals surface area contributed by atoms with E-state index in [0.717, 1.165) is 12.8 Å². The van der Waals surface area contributed by atoms with Gasteiger partial charge in [-0.25, -0.2) is 0 Å². The molecule has 1 aromatic heterocycles. The van der Waals surface area contributed by atoms with Gasteiger partial charge in [-0.2, -0.15) is 0 Å². The standard InChI is InChI=1S/C17H21NOS/c18-10-12-5-1-2-6-14(12)16(19)9-13-11-20-17-8-4-3-7-15(13)17/h3-4,7-8,11-12,14H,1-2,5-6,9-10,18H2. The van der Waals surface area contributed by atoms with Crippen molar-refractivity contribution in [3.8, 4) is 0 Å². The van der Waals surface area contributed by atoms with Crippen molar-refractivity contribution in [1.82, 2.24) is 0 Å². The first kappa shape index (κ1) is 13.8. The molecule has 0 bridgehead atoms. The van der Waals surface area contributed by atoms with Crippen LogP contribution in [0.1, 0.15) is 31.2 Å². The number of carbonyl (C=O) groups excluding carboxylic acids is 1. The molecule has 0 saturated heterocycles. The van der Waals surface area contributed by atoms with Gasteiger partial charge in [0.25, 0.3) is 0 Å². The molecule has 20 heavy (non-hydrogen) atoms. The zero-order chi connectivity index (χ0) is 13.9. The molecule has 0 radical (unpaired) electrons. The number of benzene rings is 1. The van der Waals surface area contributed by atoms with Crippen LogP contribution in [0.3, 0.4) is 0 Å². The summed E-state index contributed by atoms with van der Waals surface area (Å²) in [6, 6.07) is 8.34. The minimum Gasteiger partial charge on any atom is -0.330 e. The molecule has 106 valence electrons. The quantitative estimate of drug-likeness (QED) is 0.930. The van der Waals surface area contributed by atoms with Gasteiger partial charge in [0.05, 0.1) is 0 Å². The molecule has 1 aliphatic rings. The van der Waals surface area contributed by atoms with Gasteiger partial charge in [-0.1, -0.05) is 31.0 Å². The Kier molecular flexibility index (Phi) is 4.18. The molecule has 2 N–H and O–H groups in total. The number of fused-ring (bicyclic) bond motifs is 1. The third-order valence-corrected chi connectivity index (χ3v) is 5.56. The smallest absolute Gasteiger partial charge is 0.140 e. The minimum atomic E-state index is 0.187. The molecule has 3 rings (SSSR count). The first-order chi connectivity index (χ1) is 9.79. The molecule has 0 amide bonds. The van der Waals surface area contributed by atoms with Crippen molar-refractivity contribution in [3.63, 3.8) is 0 Å². The highest BCUT2D eigenvalue weighted by molar-refractivity contribution is 7.17. The van der Waals surface area contributed by atoms with Crippen LogP contribution in [-0.2, 0) is 11.2 Å². The van der Waals surface area contributed by atoms with Gasteiger partial charge in [0.2, 0.25) is 0 Å². The highest BCUT2D eigenvalue weighted by Crippen LogP contribution is 2.32. The van der Waals surface area contributed by atoms with Gasteiger partial charge in [-0.3, -0.25) is 4.79 Å². The lowest BCUT2D eigenvalue weighted by Gasteiger charge is -2.29. The van der Waals surface area contributed by atoms with E-state index in [0.29, 0.717) is 24.7 Å². The molecule has 3 heteroatoms. The van der Waals surface area contributed by atoms with E-state index in [1.165, 1.54) is 28.5 Å². The van der Waals surface area contributed by atoms with E-state index in [9.17, 15) is 4.79 Å². The molecular formula is C17H21NOS. The molecule has 1 heterocycles. The summed E-state index contributed by atoms with van der Waals surface area (Å²) in [6.45, 7) is 0.654. The molecule has 2 unspecified atom stereocenters. The fourth-order valence-electron chi connectivity index (χ4n) is 3.40. The molecule has 1 fully saturated rings. The van der Waals surface area contributed by atoms with E-state index in [1.54, 1.807) is 11.3 Å². The predicted octanol–water partition coefficient (Wildman–Crippen LogP) is 3.78. The molecule has 1 aromatic carbocycles. The number of carbonyl (C=O) groups is 1. The maximum Gasteiger partial charge on any atom is 0.140 e. The average Bonchev–Trinajstić information content (AvgIpc) is 2.90. The van der Waals surface area contributed by atoms with Crippen LogP contribution in [0.25, 0.3) is 10.1 Å². The van der Waals surface area contributed by atoms with Crippen molar-refractivity contribution in [2.45, 2.75) is 32.1 Å². The van der Waals surface area contributed by atoms with Crippen molar-refractivity contribution < 1.29 is 4.79 Å². The van der Waals surface area contributed by atoms with Gasteiger partial charge in [-0.05, 0) is 47.7 Å². The van der Waals surface area contributed by atoms with Crippen LogP contribution >= 0.6 is 11.3 Å². The Hall–Kier alpha value is -1.19. The van der Waals surface area contributed by atoms with Crippen molar-refractivity contribution >= 4 is 27.2 Å². The van der Waals surface area contributed by atoms with Crippen LogP contribution in [0.2, 0.25) is 0 Å². The summed E-state index contributed by atoms with van der Waals surface area (Å²) in [7, 11) is 0. The second-order valence-electron chi connectivity index (χ2n) is 5.79. The lowest BCUT2D eigenvalue weighted by molar-refractivity contribution is -0.124. The molecule has 0 aliphatic heterocycles. The fraction of sp³-hybridized carbons (Fsp3) is 0.471. The van der Waals surface area contributed by atoms with Gasteiger partial charge in [0.15, 0.2) is 0 Å². The summed E-state index contributed by atoms with van der Waals surface area (Å²) in [5.74, 6) is 0.984. The fourth-order valence-corrected chi connectivity index (χ4v) is 4.36. The number of hydrogen-bond acceptors (Lipinski definition) is 3. The lowest BCUT2D eigenvalue weighted by atomic mass is 9.76. The third kappa shape index (κ3) is 2.65. The molecular weight excluding hydrogens is 266 g/mol. The molecule has 2 atom stereocenters. The van der Waals surface area contributed by atoms with Gasteiger partial charge < -0.3 is 5.73 Å². The van der Waals surface area contributed by atoms with E-state index in [1.807, 2.05) is 6.07 Å². The normalized spacial score (nSPS) is 23.1. The largest absolute Gasteiger partial charge is 0.330 e. The summed E-state index contributed by atoms with van der Waals surface area (Å²) in [6.07, 6.45) is 5.13. The van der Waals surface area contributed by atoms with Gasteiger partial charge in [0, 0.05) is 17.0 Å². The van der Waals surface area contributed by atoms with Crippen molar-refractivity contribution in [1.29, 1.82) is 0 Å². The Morgan fingerprint density at radius 3 is 2.90 bits per heavy atom. The summed E-state index contributed by atoms with van der Waals surface area (Å²) in [5.41, 5.74) is 7.04. The minimum absolute atomic E-state index is 0.187. The van der Waals surface area contributed by atoms with Crippen LogP contribution in [0.15, 0.2) is 29.6 Å². The van der Waals surface area contributed by atoms with E-state index in [2.05, 4.69) is 23.6 Å². The van der Waals surface area contributed by atoms with Crippen molar-refractivity contribution in [2.75, 3.05) is 6.54 Å². The van der Waals surface area contributed by atoms with E-state index in [4.69, 9.17) is 5.73 Å². The van der Waals surface area contributed by atoms with Crippen LogP contribution in [0.4, 0.5) is 0 Å². The number of nitrogens with two attached hydrogens (primary N) is 1. The molecule has 0 spiro atoms. The third-order valence-electron chi connectivity index (χ3n) is 4.55. The zero-order valence-corrected chi connectivity index (χ0v) is 12.5. The predicted molar refractivity (Wildman–Crippen MR) is 85.0 cm³/mol. The average molecular weight is 287 g/mol. The van der Waals surface area contributed by atoms with E-state index < -0.39 is 0 Å². The van der Waals surface area contributed by atoms with E-state index in [-0.39, 0.29) is 5.92 Å². The van der Waals surface area contributed by atoms with Crippen LogP contribution < -0.4 is 5.73 Å². The van der Waals surface area contributed by atoms with Crippen LogP contribution in [-0.4, -0.2) is 12.3 Å². The lowest BCUT2D eigenvalue weighted by Crippen LogP contribution is -2.33. The van der Waals surface area contributed by atoms with E-state index >= 15 is 0 Å². The maximum atomic E-state index is 12.6. The number of hydrogen-bond donors (Lipinski definition) is 1. The Bertz CT molecular complexity index is 604. The second-order valence-corrected chi connectivity index (χ2v) is 6.70. The topological polar surface area (TPSA) is 43.1 Å². The Morgan fingerprint density at radius 2 is 2.05 bits per heavy atom. The highest BCUT2D eigenvalue weighted by Gasteiger charge is 2.29. The Balaban J connectivity index is 1.78. The van der Waals surface area contributed by atoms with Crippen LogP contribution in [0.5, 0.6) is 0 Å². The van der Waals surface area contributed by atoms with Crippen molar-refractivity contribution in [2.24, 2.45) is 17.6 Å². The number of Topliss-reactive ketones (excluding diaryl/α,β-unsaturated/α-hetero) is 1. The first-order valence-electron chi connectivity index (χ1n) is 7.47. The molecule has 2 aromatic rings. The molecule has 1 aliphatic carbocycles. The summed E-state index contributed by atoms with van der Waals surface area (Å²) < 4.78 is 1.27. The van der Waals surface area contributed by atoms with Gasteiger partial charge in [-0.15, -0.1) is 11.3 Å². The molecule has 2 nitrogen and oxygen atoms in total. The van der Waals surface area contributed by atoms with Crippen LogP contribution in [0, 0.1) is 11.8 Å². The molecule has 1 saturated carbocycles. The Morgan fingerprint density at radius 1 is 1.25 bits per heavy atom. The van der Waals surface area contributed by atoms with Crippen molar-refractivity contribution in [3.05, 3.63) is 35.2 Å². The first-order valence-corrected chi connectivity index (χ1v) is 8.35. The Labute approximate surface area is 124 Å². The zero-order valence-electron chi connectivity index (χ0n) is 11.7. The van der Waals surface area contributed by atoms with Gasteiger partial charge >= 0.3 is 0 Å². The van der Waals surface area contributed by atoms with Gasteiger partial charge in [0.1, 0.15) is 5.78 Å². The number of ketones is 1. The second kappa shape index (κ2) is 6.06. The number of rotatable bonds is 4. The highest BCUT2D eigenvalue weighted by atomic mass is 32.1.